The number of amides is 1. The van der Waals surface area contributed by atoms with E-state index in [2.05, 4.69) is 15.0 Å². The molecule has 1 amide bonds. The van der Waals surface area contributed by atoms with Gasteiger partial charge in [0.2, 0.25) is 0 Å². The van der Waals surface area contributed by atoms with Crippen molar-refractivity contribution in [3.8, 4) is 0 Å². The van der Waals surface area contributed by atoms with Crippen LogP contribution in [0.2, 0.25) is 0 Å². The Morgan fingerprint density at radius 2 is 1.90 bits per heavy atom. The summed E-state index contributed by atoms with van der Waals surface area (Å²) in [4.78, 5) is 38.6. The molecule has 2 aromatic heterocycles. The van der Waals surface area contributed by atoms with Gasteiger partial charge in [-0.05, 0) is 24.6 Å². The van der Waals surface area contributed by atoms with Crippen molar-refractivity contribution in [2.75, 3.05) is 6.54 Å². The van der Waals surface area contributed by atoms with Crippen molar-refractivity contribution in [1.29, 1.82) is 0 Å². The fraction of sp³-hybridized carbons (Fsp3) is 0.182. The number of aliphatic hydroxyl groups is 1. The zero-order valence-corrected chi connectivity index (χ0v) is 15.9. The maximum Gasteiger partial charge on any atom is 0.290 e. The van der Waals surface area contributed by atoms with Gasteiger partial charge < -0.3 is 15.0 Å². The highest BCUT2D eigenvalue weighted by atomic mass is 16.3. The molecule has 0 saturated carbocycles. The highest BCUT2D eigenvalue weighted by Gasteiger charge is 2.43. The zero-order chi connectivity index (χ0) is 20.4. The Labute approximate surface area is 167 Å². The van der Waals surface area contributed by atoms with Crippen LogP contribution in [0.5, 0.6) is 0 Å². The molecule has 0 spiro atoms. The Hall–Kier alpha value is -3.74. The summed E-state index contributed by atoms with van der Waals surface area (Å²) in [6.45, 7) is 2.29. The number of carbonyl (C=O) groups excluding carboxylic acids is 2. The van der Waals surface area contributed by atoms with Crippen molar-refractivity contribution < 1.29 is 14.7 Å². The second-order valence-electron chi connectivity index (χ2n) is 6.95. The zero-order valence-electron chi connectivity index (χ0n) is 15.9. The predicted octanol–water partition coefficient (Wildman–Crippen LogP) is 2.93. The minimum absolute atomic E-state index is 0.0899. The average Bonchev–Trinajstić information content (AvgIpc) is 3.35. The monoisotopic (exact) mass is 388 g/mol. The van der Waals surface area contributed by atoms with Crippen LogP contribution in [-0.2, 0) is 11.2 Å². The number of nitrogens with one attached hydrogen (secondary N) is 1. The molecule has 0 radical (unpaired) electrons. The van der Waals surface area contributed by atoms with Crippen LogP contribution >= 0.6 is 0 Å². The number of hydrogen-bond donors (Lipinski definition) is 2. The van der Waals surface area contributed by atoms with Crippen LogP contribution < -0.4 is 0 Å². The average molecular weight is 388 g/mol. The lowest BCUT2D eigenvalue weighted by molar-refractivity contribution is -0.129. The molecule has 1 aliphatic heterocycles. The Kier molecular flexibility index (Phi) is 4.95. The Morgan fingerprint density at radius 1 is 1.17 bits per heavy atom. The first-order valence-corrected chi connectivity index (χ1v) is 9.29. The number of aliphatic hydroxyl groups excluding tert-OH is 1. The predicted molar refractivity (Wildman–Crippen MR) is 106 cm³/mol. The number of hydrogen-bond acceptors (Lipinski definition) is 5. The number of pyridine rings is 1. The molecule has 29 heavy (non-hydrogen) atoms. The van der Waals surface area contributed by atoms with Crippen LogP contribution in [0.1, 0.15) is 33.2 Å². The quantitative estimate of drug-likeness (QED) is 0.633. The number of aromatic nitrogens is 3. The van der Waals surface area contributed by atoms with E-state index in [-0.39, 0.29) is 11.4 Å². The molecule has 2 N–H and O–H groups in total. The first kappa shape index (κ1) is 18.6. The van der Waals surface area contributed by atoms with E-state index in [1.165, 1.54) is 17.3 Å². The number of carbonyl (C=O) groups is 2. The molecule has 1 unspecified atom stereocenters. The van der Waals surface area contributed by atoms with E-state index in [9.17, 15) is 14.7 Å². The molecule has 3 heterocycles. The number of benzene rings is 1. The molecule has 0 bridgehead atoms. The van der Waals surface area contributed by atoms with Gasteiger partial charge in [0, 0.05) is 37.1 Å². The number of Topliss-reactive ketones (excluding diaryl/α,β-unsaturated/α-hetero) is 1. The maximum absolute atomic E-state index is 13.2. The molecule has 4 rings (SSSR count). The number of aryl methyl sites for hydroxylation is 1. The van der Waals surface area contributed by atoms with Crippen LogP contribution in [0, 0.1) is 6.92 Å². The summed E-state index contributed by atoms with van der Waals surface area (Å²) in [7, 11) is 0. The van der Waals surface area contributed by atoms with E-state index in [4.69, 9.17) is 0 Å². The lowest BCUT2D eigenvalue weighted by atomic mass is 9.92. The third-order valence-electron chi connectivity index (χ3n) is 5.05. The maximum atomic E-state index is 13.2. The summed E-state index contributed by atoms with van der Waals surface area (Å²) in [5.41, 5.74) is 3.10. The molecule has 0 saturated heterocycles. The van der Waals surface area contributed by atoms with E-state index in [1.807, 2.05) is 31.2 Å². The summed E-state index contributed by atoms with van der Waals surface area (Å²) in [5.74, 6) is -1.44. The molecule has 7 nitrogen and oxygen atoms in total. The van der Waals surface area contributed by atoms with Crippen LogP contribution in [0.4, 0.5) is 0 Å². The summed E-state index contributed by atoms with van der Waals surface area (Å²) in [6.07, 6.45) is 6.86. The van der Waals surface area contributed by atoms with Crippen molar-refractivity contribution >= 4 is 11.7 Å². The Bertz CT molecular complexity index is 1060. The Morgan fingerprint density at radius 3 is 2.55 bits per heavy atom. The van der Waals surface area contributed by atoms with Gasteiger partial charge in [-0.25, -0.2) is 4.98 Å². The second-order valence-corrected chi connectivity index (χ2v) is 6.95. The minimum Gasteiger partial charge on any atom is -0.503 e. The summed E-state index contributed by atoms with van der Waals surface area (Å²) in [5, 5.41) is 10.6. The van der Waals surface area contributed by atoms with E-state index in [1.54, 1.807) is 24.7 Å². The molecular formula is C22H20N4O3. The molecular weight excluding hydrogens is 368 g/mol. The molecule has 7 heteroatoms. The van der Waals surface area contributed by atoms with Crippen molar-refractivity contribution in [3.05, 3.63) is 95.0 Å². The van der Waals surface area contributed by atoms with Gasteiger partial charge in [0.1, 0.15) is 0 Å². The van der Waals surface area contributed by atoms with Gasteiger partial charge >= 0.3 is 0 Å². The summed E-state index contributed by atoms with van der Waals surface area (Å²) < 4.78 is 0. The van der Waals surface area contributed by atoms with Gasteiger partial charge in [0.15, 0.2) is 11.5 Å². The van der Waals surface area contributed by atoms with Crippen LogP contribution in [0.25, 0.3) is 0 Å². The minimum atomic E-state index is -0.664. The lowest BCUT2D eigenvalue weighted by Crippen LogP contribution is -2.33. The number of H-pyrrole nitrogens is 1. The normalized spacial score (nSPS) is 16.5. The molecule has 0 fully saturated rings. The van der Waals surface area contributed by atoms with E-state index in [0.29, 0.717) is 18.5 Å². The van der Waals surface area contributed by atoms with Gasteiger partial charge in [-0.2, -0.15) is 0 Å². The highest BCUT2D eigenvalue weighted by molar-refractivity contribution is 6.16. The second kappa shape index (κ2) is 7.71. The van der Waals surface area contributed by atoms with Crippen LogP contribution in [0.15, 0.2) is 72.6 Å². The first-order valence-electron chi connectivity index (χ1n) is 9.29. The first-order chi connectivity index (χ1) is 14.1. The number of nitrogens with zero attached hydrogens (tertiary/aromatic N) is 3. The number of rotatable bonds is 6. The molecule has 1 aromatic carbocycles. The molecule has 0 aliphatic carbocycles. The molecule has 146 valence electrons. The molecule has 1 aliphatic rings. The standard InChI is InChI=1S/C22H20N4O3/c1-14-2-4-15(5-3-14)19-18(20(27)16-6-9-23-10-7-16)21(28)22(29)26(19)11-8-17-12-24-13-25-17/h2-7,9-10,12-13,19,28H,8,11H2,1H3,(H,24,25). The lowest BCUT2D eigenvalue weighted by Gasteiger charge is -2.26. The van der Waals surface area contributed by atoms with Gasteiger partial charge in [-0.15, -0.1) is 0 Å². The number of ketones is 1. The van der Waals surface area contributed by atoms with Gasteiger partial charge in [-0.1, -0.05) is 29.8 Å². The largest absolute Gasteiger partial charge is 0.503 e. The van der Waals surface area contributed by atoms with Crippen molar-refractivity contribution in [1.82, 2.24) is 19.9 Å². The number of aromatic amines is 1. The fourth-order valence-corrected chi connectivity index (χ4v) is 3.53. The van der Waals surface area contributed by atoms with E-state index < -0.39 is 17.7 Å². The smallest absolute Gasteiger partial charge is 0.290 e. The van der Waals surface area contributed by atoms with Gasteiger partial charge in [0.05, 0.1) is 23.6 Å². The van der Waals surface area contributed by atoms with Gasteiger partial charge in [-0.3, -0.25) is 14.6 Å². The van der Waals surface area contributed by atoms with Crippen molar-refractivity contribution in [2.24, 2.45) is 0 Å². The van der Waals surface area contributed by atoms with Crippen molar-refractivity contribution in [2.45, 2.75) is 19.4 Å². The fourth-order valence-electron chi connectivity index (χ4n) is 3.53. The summed E-state index contributed by atoms with van der Waals surface area (Å²) in [6, 6.07) is 10.1. The molecule has 1 atom stereocenters. The van der Waals surface area contributed by atoms with Crippen LogP contribution in [-0.4, -0.2) is 43.2 Å². The van der Waals surface area contributed by atoms with Crippen molar-refractivity contribution in [3.63, 3.8) is 0 Å². The SMILES string of the molecule is Cc1ccc(C2C(C(=O)c3ccncc3)=C(O)C(=O)N2CCc2c[nH]cn2)cc1. The van der Waals surface area contributed by atoms with E-state index >= 15 is 0 Å². The molecule has 3 aromatic rings. The third-order valence-corrected chi connectivity index (χ3v) is 5.05. The third kappa shape index (κ3) is 3.54. The number of imidazole rings is 1. The topological polar surface area (TPSA) is 99.2 Å². The Balaban J connectivity index is 1.73. The highest BCUT2D eigenvalue weighted by Crippen LogP contribution is 2.39. The summed E-state index contributed by atoms with van der Waals surface area (Å²) >= 11 is 0. The van der Waals surface area contributed by atoms with Gasteiger partial charge in [0.25, 0.3) is 5.91 Å². The van der Waals surface area contributed by atoms with E-state index in [0.717, 1.165) is 16.8 Å². The van der Waals surface area contributed by atoms with Crippen LogP contribution in [0.3, 0.4) is 0 Å².